The molecule has 0 aliphatic carbocycles. The zero-order valence-electron chi connectivity index (χ0n) is 9.36. The van der Waals surface area contributed by atoms with E-state index in [2.05, 4.69) is 11.1 Å². The quantitative estimate of drug-likeness (QED) is 0.589. The van der Waals surface area contributed by atoms with E-state index in [1.165, 1.54) is 0 Å². The Hall–Kier alpha value is -2.10. The van der Waals surface area contributed by atoms with Crippen LogP contribution in [0.5, 0.6) is 0 Å². The minimum absolute atomic E-state index is 0.00131. The van der Waals surface area contributed by atoms with Crippen LogP contribution in [0.15, 0.2) is 30.3 Å². The summed E-state index contributed by atoms with van der Waals surface area (Å²) in [5.74, 6) is -0.00131. The van der Waals surface area contributed by atoms with Crippen molar-refractivity contribution >= 4 is 22.4 Å². The third kappa shape index (κ3) is 1.82. The molecule has 0 radical (unpaired) electrons. The van der Waals surface area contributed by atoms with Gasteiger partial charge in [-0.05, 0) is 24.3 Å². The van der Waals surface area contributed by atoms with Gasteiger partial charge in [-0.1, -0.05) is 6.07 Å². The summed E-state index contributed by atoms with van der Waals surface area (Å²) < 4.78 is 0. The number of nitrogens with one attached hydrogen (secondary N) is 1. The Morgan fingerprint density at radius 1 is 1.25 bits per heavy atom. The second-order valence-corrected chi connectivity index (χ2v) is 3.88. The molecule has 1 heterocycles. The van der Waals surface area contributed by atoms with Crippen molar-refractivity contribution < 1.29 is 0 Å². The molecule has 4 heteroatoms. The van der Waals surface area contributed by atoms with Crippen molar-refractivity contribution in [3.05, 3.63) is 36.0 Å². The summed E-state index contributed by atoms with van der Waals surface area (Å²) in [6, 6.07) is 9.71. The van der Waals surface area contributed by atoms with E-state index in [-0.39, 0.29) is 5.84 Å². The Labute approximate surface area is 94.2 Å². The van der Waals surface area contributed by atoms with Crippen LogP contribution < -0.4 is 10.6 Å². The Morgan fingerprint density at radius 3 is 2.62 bits per heavy atom. The molecule has 4 nitrogen and oxygen atoms in total. The fourth-order valence-corrected chi connectivity index (χ4v) is 1.54. The van der Waals surface area contributed by atoms with Crippen molar-refractivity contribution in [2.24, 2.45) is 5.73 Å². The topological polar surface area (TPSA) is 66.0 Å². The summed E-state index contributed by atoms with van der Waals surface area (Å²) >= 11 is 0. The van der Waals surface area contributed by atoms with Crippen LogP contribution in [0.25, 0.3) is 10.9 Å². The van der Waals surface area contributed by atoms with Crippen molar-refractivity contribution in [3.63, 3.8) is 0 Å². The number of anilines is 1. The van der Waals surface area contributed by atoms with E-state index >= 15 is 0 Å². The van der Waals surface area contributed by atoms with Crippen LogP contribution in [0.2, 0.25) is 0 Å². The first kappa shape index (κ1) is 10.4. The predicted octanol–water partition coefficient (Wildman–Crippen LogP) is 1.58. The fourth-order valence-electron chi connectivity index (χ4n) is 1.54. The van der Waals surface area contributed by atoms with Gasteiger partial charge in [-0.2, -0.15) is 0 Å². The molecule has 0 aliphatic rings. The van der Waals surface area contributed by atoms with Gasteiger partial charge < -0.3 is 10.6 Å². The molecule has 2 aromatic rings. The van der Waals surface area contributed by atoms with Crippen LogP contribution in [0.3, 0.4) is 0 Å². The first-order valence-corrected chi connectivity index (χ1v) is 5.00. The smallest absolute Gasteiger partial charge is 0.141 e. The van der Waals surface area contributed by atoms with Gasteiger partial charge in [-0.25, -0.2) is 4.98 Å². The minimum Gasteiger partial charge on any atom is -0.382 e. The highest BCUT2D eigenvalue weighted by atomic mass is 15.1. The van der Waals surface area contributed by atoms with Crippen molar-refractivity contribution in [2.75, 3.05) is 19.0 Å². The molecule has 0 saturated heterocycles. The molecule has 0 spiro atoms. The number of hydrogen-bond donors (Lipinski definition) is 2. The first-order chi connectivity index (χ1) is 7.58. The van der Waals surface area contributed by atoms with Crippen LogP contribution in [0.1, 0.15) is 5.69 Å². The number of rotatable bonds is 2. The summed E-state index contributed by atoms with van der Waals surface area (Å²) in [7, 11) is 4.00. The molecule has 82 valence electrons. The largest absolute Gasteiger partial charge is 0.382 e. The maximum Gasteiger partial charge on any atom is 0.141 e. The first-order valence-electron chi connectivity index (χ1n) is 5.00. The normalized spacial score (nSPS) is 10.4. The molecule has 0 unspecified atom stereocenters. The van der Waals surface area contributed by atoms with E-state index < -0.39 is 0 Å². The second-order valence-electron chi connectivity index (χ2n) is 3.88. The minimum atomic E-state index is -0.00131. The summed E-state index contributed by atoms with van der Waals surface area (Å²) in [6.45, 7) is 0. The van der Waals surface area contributed by atoms with E-state index in [4.69, 9.17) is 11.1 Å². The van der Waals surface area contributed by atoms with Gasteiger partial charge in [-0.15, -0.1) is 0 Å². The average Bonchev–Trinajstić information content (AvgIpc) is 2.27. The molecule has 3 N–H and O–H groups in total. The van der Waals surface area contributed by atoms with Gasteiger partial charge in [-0.3, -0.25) is 5.41 Å². The van der Waals surface area contributed by atoms with E-state index in [0.29, 0.717) is 5.69 Å². The Kier molecular flexibility index (Phi) is 2.48. The van der Waals surface area contributed by atoms with Crippen LogP contribution in [-0.4, -0.2) is 24.9 Å². The maximum atomic E-state index is 7.33. The number of amidine groups is 1. The SMILES string of the molecule is CN(C)c1ccc2nc(C(=N)N)ccc2c1. The Balaban J connectivity index is 2.57. The Morgan fingerprint density at radius 2 is 2.00 bits per heavy atom. The lowest BCUT2D eigenvalue weighted by molar-refractivity contribution is 1.13. The zero-order valence-corrected chi connectivity index (χ0v) is 9.36. The lowest BCUT2D eigenvalue weighted by Gasteiger charge is -2.12. The molecule has 0 saturated carbocycles. The average molecular weight is 214 g/mol. The van der Waals surface area contributed by atoms with Crippen LogP contribution >= 0.6 is 0 Å². The van der Waals surface area contributed by atoms with Crippen molar-refractivity contribution in [2.45, 2.75) is 0 Å². The number of nitrogens with zero attached hydrogens (tertiary/aromatic N) is 2. The molecule has 0 bridgehead atoms. The van der Waals surface area contributed by atoms with E-state index in [0.717, 1.165) is 16.6 Å². The summed E-state index contributed by atoms with van der Waals surface area (Å²) in [4.78, 5) is 6.35. The molecule has 0 aliphatic heterocycles. The highest BCUT2D eigenvalue weighted by Crippen LogP contribution is 2.19. The molecule has 1 aromatic carbocycles. The lowest BCUT2D eigenvalue weighted by Crippen LogP contribution is -2.13. The maximum absolute atomic E-state index is 7.33. The van der Waals surface area contributed by atoms with Gasteiger partial charge in [0.15, 0.2) is 0 Å². The summed E-state index contributed by atoms with van der Waals surface area (Å²) in [6.07, 6.45) is 0. The van der Waals surface area contributed by atoms with E-state index in [9.17, 15) is 0 Å². The molecular formula is C12H14N4. The van der Waals surface area contributed by atoms with Crippen LogP contribution in [0, 0.1) is 5.41 Å². The predicted molar refractivity (Wildman–Crippen MR) is 67.1 cm³/mol. The number of aromatic nitrogens is 1. The molecule has 0 fully saturated rings. The molecular weight excluding hydrogens is 200 g/mol. The zero-order chi connectivity index (χ0) is 11.7. The van der Waals surface area contributed by atoms with E-state index in [1.807, 2.05) is 37.2 Å². The van der Waals surface area contributed by atoms with Gasteiger partial charge in [0.25, 0.3) is 0 Å². The van der Waals surface area contributed by atoms with Crippen molar-refractivity contribution in [1.29, 1.82) is 5.41 Å². The number of pyridine rings is 1. The number of hydrogen-bond acceptors (Lipinski definition) is 3. The molecule has 16 heavy (non-hydrogen) atoms. The summed E-state index contributed by atoms with van der Waals surface area (Å²) in [5.41, 5.74) is 7.90. The van der Waals surface area contributed by atoms with Crippen LogP contribution in [-0.2, 0) is 0 Å². The van der Waals surface area contributed by atoms with Gasteiger partial charge in [0, 0.05) is 25.2 Å². The van der Waals surface area contributed by atoms with Gasteiger partial charge in [0.1, 0.15) is 11.5 Å². The monoisotopic (exact) mass is 214 g/mol. The number of nitrogens with two attached hydrogens (primary N) is 1. The molecule has 2 rings (SSSR count). The lowest BCUT2D eigenvalue weighted by atomic mass is 10.1. The van der Waals surface area contributed by atoms with Gasteiger partial charge in [0.05, 0.1) is 5.52 Å². The third-order valence-corrected chi connectivity index (χ3v) is 2.47. The second kappa shape index (κ2) is 3.81. The molecule has 1 aromatic heterocycles. The Bertz CT molecular complexity index is 546. The highest BCUT2D eigenvalue weighted by Gasteiger charge is 2.02. The standard InChI is InChI=1S/C12H14N4/c1-16(2)9-4-6-10-8(7-9)3-5-11(15-10)12(13)14/h3-7H,1-2H3,(H3,13,14). The highest BCUT2D eigenvalue weighted by molar-refractivity contribution is 5.95. The molecule has 0 atom stereocenters. The number of fused-ring (bicyclic) bond motifs is 1. The number of nitrogen functional groups attached to an aromatic ring is 1. The van der Waals surface area contributed by atoms with E-state index in [1.54, 1.807) is 6.07 Å². The van der Waals surface area contributed by atoms with Crippen molar-refractivity contribution in [1.82, 2.24) is 4.98 Å². The van der Waals surface area contributed by atoms with Gasteiger partial charge >= 0.3 is 0 Å². The van der Waals surface area contributed by atoms with Crippen molar-refractivity contribution in [3.8, 4) is 0 Å². The van der Waals surface area contributed by atoms with Gasteiger partial charge in [0.2, 0.25) is 0 Å². The molecule has 0 amide bonds. The summed E-state index contributed by atoms with van der Waals surface area (Å²) in [5, 5.41) is 8.38. The number of benzene rings is 1. The fraction of sp³-hybridized carbons (Fsp3) is 0.167. The third-order valence-electron chi connectivity index (χ3n) is 2.47. The van der Waals surface area contributed by atoms with Crippen LogP contribution in [0.4, 0.5) is 5.69 Å².